The maximum atomic E-state index is 13.4. The van der Waals surface area contributed by atoms with Crippen molar-refractivity contribution in [2.24, 2.45) is 5.73 Å². The summed E-state index contributed by atoms with van der Waals surface area (Å²) in [6, 6.07) is 4.82. The number of nitrogens with two attached hydrogens (primary N) is 1. The van der Waals surface area contributed by atoms with Crippen LogP contribution in [0.15, 0.2) is 39.0 Å². The molecule has 1 aromatic carbocycles. The number of halogens is 2. The number of thiophene rings is 1. The minimum Gasteiger partial charge on any atom is -0.366 e. The molecule has 0 aliphatic carbocycles. The van der Waals surface area contributed by atoms with Crippen LogP contribution in [0.1, 0.15) is 10.4 Å². The number of hydrogen-bond donors (Lipinski definition) is 2. The molecule has 0 unspecified atom stereocenters. The van der Waals surface area contributed by atoms with Gasteiger partial charge in [-0.25, -0.2) is 12.8 Å². The number of primary amides is 1. The fourth-order valence-electron chi connectivity index (χ4n) is 1.41. The van der Waals surface area contributed by atoms with Crippen LogP contribution in [0.25, 0.3) is 0 Å². The highest BCUT2D eigenvalue weighted by molar-refractivity contribution is 9.10. The number of nitrogens with one attached hydrogen (secondary N) is 1. The number of benzene rings is 1. The van der Waals surface area contributed by atoms with Gasteiger partial charge in [-0.15, -0.1) is 11.3 Å². The third kappa shape index (κ3) is 3.00. The van der Waals surface area contributed by atoms with Crippen molar-refractivity contribution >= 4 is 48.2 Å². The Morgan fingerprint density at radius 1 is 1.35 bits per heavy atom. The number of carbonyl (C=O) groups excluding carboxylic acids is 1. The Morgan fingerprint density at radius 3 is 2.65 bits per heavy atom. The van der Waals surface area contributed by atoms with Gasteiger partial charge in [0, 0.05) is 0 Å². The maximum Gasteiger partial charge on any atom is 0.262 e. The second-order valence-electron chi connectivity index (χ2n) is 3.71. The molecule has 5 nitrogen and oxygen atoms in total. The predicted octanol–water partition coefficient (Wildman–Crippen LogP) is 2.55. The van der Waals surface area contributed by atoms with Crippen molar-refractivity contribution in [2.75, 3.05) is 4.72 Å². The van der Waals surface area contributed by atoms with E-state index in [-0.39, 0.29) is 19.9 Å². The molecule has 2 aromatic rings. The van der Waals surface area contributed by atoms with Crippen LogP contribution in [0.5, 0.6) is 0 Å². The smallest absolute Gasteiger partial charge is 0.262 e. The van der Waals surface area contributed by atoms with Crippen molar-refractivity contribution in [3.63, 3.8) is 0 Å². The molecule has 0 saturated carbocycles. The Balaban J connectivity index is 2.38. The van der Waals surface area contributed by atoms with Gasteiger partial charge in [-0.3, -0.25) is 9.52 Å². The monoisotopic (exact) mass is 378 g/mol. The van der Waals surface area contributed by atoms with Gasteiger partial charge in [-0.2, -0.15) is 0 Å². The van der Waals surface area contributed by atoms with Gasteiger partial charge >= 0.3 is 0 Å². The van der Waals surface area contributed by atoms with Gasteiger partial charge in [0.1, 0.15) is 10.8 Å². The molecule has 0 spiro atoms. The molecule has 0 fully saturated rings. The van der Waals surface area contributed by atoms with Crippen molar-refractivity contribution in [3.8, 4) is 0 Å². The molecule has 1 heterocycles. The van der Waals surface area contributed by atoms with Crippen LogP contribution in [0.4, 0.5) is 9.39 Å². The average molecular weight is 379 g/mol. The zero-order valence-corrected chi connectivity index (χ0v) is 13.0. The fourth-order valence-corrected chi connectivity index (χ4v) is 3.79. The van der Waals surface area contributed by atoms with Gasteiger partial charge in [0.15, 0.2) is 0 Å². The van der Waals surface area contributed by atoms with Crippen molar-refractivity contribution in [1.82, 2.24) is 0 Å². The molecule has 9 heteroatoms. The van der Waals surface area contributed by atoms with E-state index >= 15 is 0 Å². The van der Waals surface area contributed by atoms with Crippen LogP contribution >= 0.6 is 27.3 Å². The van der Waals surface area contributed by atoms with Crippen LogP contribution in [0, 0.1) is 5.82 Å². The standard InChI is InChI=1S/C11H8BrFN2O3S2/c12-8-2-1-6(5-9(8)13)20(17,18)15-11-7(10(14)16)3-4-19-11/h1-5,15H,(H2,14,16). The number of anilines is 1. The molecule has 0 aliphatic heterocycles. The molecule has 0 bridgehead atoms. The topological polar surface area (TPSA) is 89.3 Å². The first-order chi connectivity index (χ1) is 9.31. The van der Waals surface area contributed by atoms with Crippen molar-refractivity contribution in [2.45, 2.75) is 4.90 Å². The average Bonchev–Trinajstić information content (AvgIpc) is 2.80. The van der Waals surface area contributed by atoms with Crippen LogP contribution in [-0.4, -0.2) is 14.3 Å². The molecule has 3 N–H and O–H groups in total. The lowest BCUT2D eigenvalue weighted by Crippen LogP contribution is -2.17. The molecule has 0 radical (unpaired) electrons. The van der Waals surface area contributed by atoms with Gasteiger partial charge in [0.2, 0.25) is 0 Å². The highest BCUT2D eigenvalue weighted by Crippen LogP contribution is 2.27. The molecule has 106 valence electrons. The Labute approximate surface area is 126 Å². The first-order valence-corrected chi connectivity index (χ1v) is 8.32. The van der Waals surface area contributed by atoms with Gasteiger partial charge in [-0.1, -0.05) is 0 Å². The lowest BCUT2D eigenvalue weighted by Gasteiger charge is -2.08. The van der Waals surface area contributed by atoms with Crippen LogP contribution in [0.2, 0.25) is 0 Å². The van der Waals surface area contributed by atoms with E-state index < -0.39 is 21.7 Å². The van der Waals surface area contributed by atoms with E-state index in [0.29, 0.717) is 0 Å². The quantitative estimate of drug-likeness (QED) is 0.856. The Bertz CT molecular complexity index is 774. The summed E-state index contributed by atoms with van der Waals surface area (Å²) in [5.74, 6) is -1.44. The summed E-state index contributed by atoms with van der Waals surface area (Å²) in [7, 11) is -3.99. The second-order valence-corrected chi connectivity index (χ2v) is 7.16. The Kier molecular flexibility index (Phi) is 4.11. The van der Waals surface area contributed by atoms with Crippen molar-refractivity contribution in [1.29, 1.82) is 0 Å². The molecule has 1 aromatic heterocycles. The van der Waals surface area contributed by atoms with Crippen LogP contribution in [-0.2, 0) is 10.0 Å². The first-order valence-electron chi connectivity index (χ1n) is 5.16. The molecule has 0 saturated heterocycles. The SMILES string of the molecule is NC(=O)c1ccsc1NS(=O)(=O)c1ccc(Br)c(F)c1. The Morgan fingerprint density at radius 2 is 2.05 bits per heavy atom. The van der Waals surface area contributed by atoms with Crippen molar-refractivity contribution < 1.29 is 17.6 Å². The molecular formula is C11H8BrFN2O3S2. The second kappa shape index (κ2) is 5.51. The summed E-state index contributed by atoms with van der Waals surface area (Å²) in [5.41, 5.74) is 5.19. The summed E-state index contributed by atoms with van der Waals surface area (Å²) >= 11 is 3.95. The molecule has 2 rings (SSSR count). The van der Waals surface area contributed by atoms with E-state index in [1.165, 1.54) is 23.6 Å². The number of hydrogen-bond acceptors (Lipinski definition) is 4. The highest BCUT2D eigenvalue weighted by atomic mass is 79.9. The summed E-state index contributed by atoms with van der Waals surface area (Å²) in [6.07, 6.45) is 0. The molecule has 0 aliphatic rings. The van der Waals surface area contributed by atoms with E-state index in [4.69, 9.17) is 5.73 Å². The minimum absolute atomic E-state index is 0.0659. The lowest BCUT2D eigenvalue weighted by atomic mass is 10.3. The van der Waals surface area contributed by atoms with Crippen molar-refractivity contribution in [3.05, 3.63) is 45.5 Å². The predicted molar refractivity (Wildman–Crippen MR) is 77.7 cm³/mol. The number of rotatable bonds is 4. The number of amides is 1. The zero-order valence-electron chi connectivity index (χ0n) is 9.76. The summed E-state index contributed by atoms with van der Waals surface area (Å²) in [5, 5.41) is 1.63. The van der Waals surface area contributed by atoms with Gasteiger partial charge in [-0.05, 0) is 45.6 Å². The summed E-state index contributed by atoms with van der Waals surface area (Å²) in [4.78, 5) is 10.9. The third-order valence-electron chi connectivity index (χ3n) is 2.36. The third-order valence-corrected chi connectivity index (χ3v) is 5.31. The zero-order chi connectivity index (χ0) is 14.9. The van der Waals surface area contributed by atoms with Gasteiger partial charge < -0.3 is 5.73 Å². The fraction of sp³-hybridized carbons (Fsp3) is 0. The van der Waals surface area contributed by atoms with E-state index in [0.717, 1.165) is 17.4 Å². The lowest BCUT2D eigenvalue weighted by molar-refractivity contribution is 0.100. The molecule has 20 heavy (non-hydrogen) atoms. The number of sulfonamides is 1. The van der Waals surface area contributed by atoms with Gasteiger partial charge in [0.05, 0.1) is 14.9 Å². The van der Waals surface area contributed by atoms with E-state index in [9.17, 15) is 17.6 Å². The van der Waals surface area contributed by atoms with Crippen LogP contribution < -0.4 is 10.5 Å². The molecule has 1 amide bonds. The van der Waals surface area contributed by atoms with E-state index in [1.54, 1.807) is 0 Å². The van der Waals surface area contributed by atoms with E-state index in [2.05, 4.69) is 20.7 Å². The normalized spacial score (nSPS) is 11.3. The molecular weight excluding hydrogens is 371 g/mol. The number of carbonyl (C=O) groups is 1. The minimum atomic E-state index is -3.99. The maximum absolute atomic E-state index is 13.4. The van der Waals surface area contributed by atoms with Gasteiger partial charge in [0.25, 0.3) is 15.9 Å². The highest BCUT2D eigenvalue weighted by Gasteiger charge is 2.19. The van der Waals surface area contributed by atoms with E-state index in [1.807, 2.05) is 0 Å². The summed E-state index contributed by atoms with van der Waals surface area (Å²) in [6.45, 7) is 0. The summed E-state index contributed by atoms with van der Waals surface area (Å²) < 4.78 is 40.0. The first kappa shape index (κ1) is 14.9. The largest absolute Gasteiger partial charge is 0.366 e. The molecule has 0 atom stereocenters. The van der Waals surface area contributed by atoms with Crippen LogP contribution in [0.3, 0.4) is 0 Å². The Hall–Kier alpha value is -1.45.